The van der Waals surface area contributed by atoms with Crippen LogP contribution in [0.4, 0.5) is 11.5 Å². The summed E-state index contributed by atoms with van der Waals surface area (Å²) in [7, 11) is 0. The van der Waals surface area contributed by atoms with Gasteiger partial charge in [0.1, 0.15) is 5.82 Å². The van der Waals surface area contributed by atoms with E-state index in [1.165, 1.54) is 25.7 Å². The van der Waals surface area contributed by atoms with Crippen molar-refractivity contribution < 1.29 is 9.59 Å². The summed E-state index contributed by atoms with van der Waals surface area (Å²) in [6.07, 6.45) is 10.6. The molecule has 0 unspecified atom stereocenters. The van der Waals surface area contributed by atoms with E-state index in [0.717, 1.165) is 31.4 Å². The summed E-state index contributed by atoms with van der Waals surface area (Å²) < 4.78 is 0. The van der Waals surface area contributed by atoms with Crippen LogP contribution in [0.15, 0.2) is 42.6 Å². The third-order valence-corrected chi connectivity index (χ3v) is 5.84. The minimum absolute atomic E-state index is 0.0297. The molecule has 0 saturated heterocycles. The lowest BCUT2D eigenvalue weighted by Gasteiger charge is -2.15. The molecule has 3 N–H and O–H groups in total. The van der Waals surface area contributed by atoms with Gasteiger partial charge in [-0.3, -0.25) is 9.59 Å². The molecule has 2 aliphatic rings. The summed E-state index contributed by atoms with van der Waals surface area (Å²) in [4.78, 5) is 29.4. The molecule has 0 bridgehead atoms. The van der Waals surface area contributed by atoms with E-state index in [4.69, 9.17) is 0 Å². The van der Waals surface area contributed by atoms with Crippen molar-refractivity contribution >= 4 is 23.3 Å². The third kappa shape index (κ3) is 4.94. The van der Waals surface area contributed by atoms with E-state index in [-0.39, 0.29) is 17.9 Å². The van der Waals surface area contributed by atoms with Crippen molar-refractivity contribution in [3.05, 3.63) is 53.7 Å². The van der Waals surface area contributed by atoms with Crippen molar-refractivity contribution in [2.75, 3.05) is 5.32 Å². The molecular formula is C23H28N4O2. The SMILES string of the molecule is O=C(NC1CCCC1)c1ccc(Nc2ncccc2C(=O)NC2CCCC2)cc1. The van der Waals surface area contributed by atoms with Crippen LogP contribution in [0.5, 0.6) is 0 Å². The fourth-order valence-corrected chi connectivity index (χ4v) is 4.20. The first-order valence-corrected chi connectivity index (χ1v) is 10.6. The second-order valence-corrected chi connectivity index (χ2v) is 8.01. The number of nitrogens with one attached hydrogen (secondary N) is 3. The van der Waals surface area contributed by atoms with Crippen molar-refractivity contribution in [1.29, 1.82) is 0 Å². The molecule has 0 radical (unpaired) electrons. The van der Waals surface area contributed by atoms with Gasteiger partial charge in [0.2, 0.25) is 0 Å². The van der Waals surface area contributed by atoms with E-state index >= 15 is 0 Å². The molecule has 0 aliphatic heterocycles. The monoisotopic (exact) mass is 392 g/mol. The summed E-state index contributed by atoms with van der Waals surface area (Å²) in [5.41, 5.74) is 1.96. The summed E-state index contributed by atoms with van der Waals surface area (Å²) in [5.74, 6) is 0.393. The molecule has 2 saturated carbocycles. The van der Waals surface area contributed by atoms with Gasteiger partial charge in [0, 0.05) is 29.5 Å². The number of pyridine rings is 1. The number of amides is 2. The second kappa shape index (κ2) is 9.07. The fraction of sp³-hybridized carbons (Fsp3) is 0.435. The van der Waals surface area contributed by atoms with Gasteiger partial charge < -0.3 is 16.0 Å². The lowest BCUT2D eigenvalue weighted by Crippen LogP contribution is -2.33. The van der Waals surface area contributed by atoms with E-state index < -0.39 is 0 Å². The Bertz CT molecular complexity index is 853. The van der Waals surface area contributed by atoms with Crippen LogP contribution in [-0.2, 0) is 0 Å². The number of aromatic nitrogens is 1. The molecule has 1 aromatic heterocycles. The molecule has 2 aliphatic carbocycles. The number of benzene rings is 1. The Hall–Kier alpha value is -2.89. The summed E-state index contributed by atoms with van der Waals surface area (Å²) in [6.45, 7) is 0. The topological polar surface area (TPSA) is 83.1 Å². The Morgan fingerprint density at radius 2 is 1.38 bits per heavy atom. The molecule has 4 rings (SSSR count). The Balaban J connectivity index is 1.41. The van der Waals surface area contributed by atoms with E-state index in [0.29, 0.717) is 23.0 Å². The molecule has 6 nitrogen and oxygen atoms in total. The number of rotatable bonds is 6. The van der Waals surface area contributed by atoms with Crippen molar-refractivity contribution in [2.24, 2.45) is 0 Å². The molecule has 6 heteroatoms. The van der Waals surface area contributed by atoms with Gasteiger partial charge in [0.25, 0.3) is 11.8 Å². The molecular weight excluding hydrogens is 364 g/mol. The molecule has 2 amide bonds. The van der Waals surface area contributed by atoms with Gasteiger partial charge in [-0.15, -0.1) is 0 Å². The number of carbonyl (C=O) groups is 2. The molecule has 152 valence electrons. The average molecular weight is 393 g/mol. The maximum absolute atomic E-state index is 12.7. The Labute approximate surface area is 171 Å². The van der Waals surface area contributed by atoms with Gasteiger partial charge in [0.15, 0.2) is 0 Å². The van der Waals surface area contributed by atoms with Gasteiger partial charge in [-0.25, -0.2) is 4.98 Å². The van der Waals surface area contributed by atoms with Gasteiger partial charge in [-0.1, -0.05) is 25.7 Å². The van der Waals surface area contributed by atoms with Gasteiger partial charge in [-0.2, -0.15) is 0 Å². The van der Waals surface area contributed by atoms with Crippen molar-refractivity contribution in [3.63, 3.8) is 0 Å². The lowest BCUT2D eigenvalue weighted by molar-refractivity contribution is 0.0929. The highest BCUT2D eigenvalue weighted by Gasteiger charge is 2.20. The van der Waals surface area contributed by atoms with E-state index in [2.05, 4.69) is 20.9 Å². The number of hydrogen-bond acceptors (Lipinski definition) is 4. The molecule has 1 aromatic carbocycles. The molecule has 0 atom stereocenters. The van der Waals surface area contributed by atoms with Gasteiger partial charge in [-0.05, 0) is 62.1 Å². The molecule has 29 heavy (non-hydrogen) atoms. The molecule has 1 heterocycles. The fourth-order valence-electron chi connectivity index (χ4n) is 4.20. The van der Waals surface area contributed by atoms with Crippen LogP contribution in [-0.4, -0.2) is 28.9 Å². The lowest BCUT2D eigenvalue weighted by atomic mass is 10.1. The maximum Gasteiger partial charge on any atom is 0.255 e. The Morgan fingerprint density at radius 3 is 2.00 bits per heavy atom. The highest BCUT2D eigenvalue weighted by Crippen LogP contribution is 2.22. The number of anilines is 2. The minimum atomic E-state index is -0.0972. The molecule has 2 fully saturated rings. The summed E-state index contributed by atoms with van der Waals surface area (Å²) in [5, 5.41) is 9.42. The van der Waals surface area contributed by atoms with Crippen molar-refractivity contribution in [3.8, 4) is 0 Å². The zero-order valence-corrected chi connectivity index (χ0v) is 16.6. The van der Waals surface area contributed by atoms with Crippen molar-refractivity contribution in [2.45, 2.75) is 63.5 Å². The van der Waals surface area contributed by atoms with E-state index in [1.807, 2.05) is 12.1 Å². The molecule has 2 aromatic rings. The van der Waals surface area contributed by atoms with Crippen LogP contribution in [0.2, 0.25) is 0 Å². The van der Waals surface area contributed by atoms with Crippen LogP contribution in [0, 0.1) is 0 Å². The number of carbonyl (C=O) groups excluding carboxylic acids is 2. The standard InChI is InChI=1S/C23H28N4O2/c28-22(26-17-6-1-2-7-17)16-11-13-19(14-12-16)25-21-20(10-5-15-24-21)23(29)27-18-8-3-4-9-18/h5,10-15,17-18H,1-4,6-9H2,(H,24,25)(H,26,28)(H,27,29). The summed E-state index contributed by atoms with van der Waals surface area (Å²) >= 11 is 0. The first-order valence-electron chi connectivity index (χ1n) is 10.6. The quantitative estimate of drug-likeness (QED) is 0.689. The Kier molecular flexibility index (Phi) is 6.08. The van der Waals surface area contributed by atoms with Crippen LogP contribution in [0.25, 0.3) is 0 Å². The van der Waals surface area contributed by atoms with E-state index in [1.54, 1.807) is 30.5 Å². The molecule has 0 spiro atoms. The summed E-state index contributed by atoms with van der Waals surface area (Å²) in [6, 6.07) is 11.4. The van der Waals surface area contributed by atoms with Crippen molar-refractivity contribution in [1.82, 2.24) is 15.6 Å². The van der Waals surface area contributed by atoms with Crippen LogP contribution in [0.3, 0.4) is 0 Å². The smallest absolute Gasteiger partial charge is 0.255 e. The van der Waals surface area contributed by atoms with Crippen LogP contribution < -0.4 is 16.0 Å². The normalized spacial score (nSPS) is 17.2. The second-order valence-electron chi connectivity index (χ2n) is 8.01. The van der Waals surface area contributed by atoms with Crippen LogP contribution >= 0.6 is 0 Å². The van der Waals surface area contributed by atoms with E-state index in [9.17, 15) is 9.59 Å². The Morgan fingerprint density at radius 1 is 0.793 bits per heavy atom. The predicted octanol–water partition coefficient (Wildman–Crippen LogP) is 4.17. The minimum Gasteiger partial charge on any atom is -0.349 e. The largest absolute Gasteiger partial charge is 0.349 e. The average Bonchev–Trinajstić information content (AvgIpc) is 3.43. The van der Waals surface area contributed by atoms with Gasteiger partial charge in [0.05, 0.1) is 5.56 Å². The number of hydrogen-bond donors (Lipinski definition) is 3. The maximum atomic E-state index is 12.7. The third-order valence-electron chi connectivity index (χ3n) is 5.84. The first-order chi connectivity index (χ1) is 14.2. The van der Waals surface area contributed by atoms with Gasteiger partial charge >= 0.3 is 0 Å². The zero-order valence-electron chi connectivity index (χ0n) is 16.6. The number of nitrogens with zero attached hydrogens (tertiary/aromatic N) is 1. The predicted molar refractivity (Wildman–Crippen MR) is 113 cm³/mol. The zero-order chi connectivity index (χ0) is 20.1. The highest BCUT2D eigenvalue weighted by atomic mass is 16.2. The highest BCUT2D eigenvalue weighted by molar-refractivity contribution is 5.99. The van der Waals surface area contributed by atoms with Crippen LogP contribution in [0.1, 0.15) is 72.1 Å². The first kappa shape index (κ1) is 19.4.